The molecule has 3 aromatic heterocycles. The van der Waals surface area contributed by atoms with Gasteiger partial charge in [0.1, 0.15) is 11.5 Å². The number of hydrogen-bond acceptors (Lipinski definition) is 2. The molecule has 0 atom stereocenters. The summed E-state index contributed by atoms with van der Waals surface area (Å²) in [6.45, 7) is 0.129. The van der Waals surface area contributed by atoms with Gasteiger partial charge in [0, 0.05) is 38.9 Å². The molecule has 0 fully saturated rings. The van der Waals surface area contributed by atoms with Crippen molar-refractivity contribution in [3.05, 3.63) is 122 Å². The second-order valence-electron chi connectivity index (χ2n) is 10.8. The highest BCUT2D eigenvalue weighted by Gasteiger charge is 2.40. The van der Waals surface area contributed by atoms with Gasteiger partial charge in [-0.1, -0.05) is 66.7 Å². The molecule has 184 valence electrons. The molecule has 10 rings (SSSR count). The standard InChI is InChI=1S/C35H20BN3O/c1-3-13-27-24(9-1)32-28(38(27)21-8-7-19-37-20-21)18-17-23-22-10-5-12-26-34(22)39(35(23)32)29-14-6-16-31-33(29)36(26)25-11-2-4-15-30(25)40-31/h1-20H. The van der Waals surface area contributed by atoms with Crippen LogP contribution in [-0.2, 0) is 0 Å². The van der Waals surface area contributed by atoms with E-state index in [4.69, 9.17) is 4.74 Å². The molecule has 8 aromatic rings. The maximum Gasteiger partial charge on any atom is 0.256 e. The van der Waals surface area contributed by atoms with E-state index in [1.54, 1.807) is 0 Å². The van der Waals surface area contributed by atoms with Crippen LogP contribution in [0.4, 0.5) is 0 Å². The minimum Gasteiger partial charge on any atom is -0.458 e. The summed E-state index contributed by atoms with van der Waals surface area (Å²) in [4.78, 5) is 4.45. The van der Waals surface area contributed by atoms with Crippen molar-refractivity contribution in [2.75, 3.05) is 0 Å². The third-order valence-electron chi connectivity index (χ3n) is 8.85. The zero-order valence-electron chi connectivity index (χ0n) is 21.4. The molecular formula is C35H20BN3O. The summed E-state index contributed by atoms with van der Waals surface area (Å²) in [7, 11) is 0. The van der Waals surface area contributed by atoms with Crippen LogP contribution in [-0.4, -0.2) is 20.8 Å². The van der Waals surface area contributed by atoms with Crippen molar-refractivity contribution >= 4 is 66.7 Å². The molecule has 5 aromatic carbocycles. The fraction of sp³-hybridized carbons (Fsp3) is 0. The lowest BCUT2D eigenvalue weighted by atomic mass is 9.34. The molecule has 0 unspecified atom stereocenters. The van der Waals surface area contributed by atoms with E-state index in [9.17, 15) is 0 Å². The van der Waals surface area contributed by atoms with E-state index in [0.717, 1.165) is 17.2 Å². The predicted octanol–water partition coefficient (Wildman–Crippen LogP) is 6.21. The van der Waals surface area contributed by atoms with Crippen molar-refractivity contribution in [3.8, 4) is 22.9 Å². The summed E-state index contributed by atoms with van der Waals surface area (Å²) in [6.07, 6.45) is 3.77. The van der Waals surface area contributed by atoms with Gasteiger partial charge in [0.25, 0.3) is 6.71 Å². The average molecular weight is 509 g/mol. The van der Waals surface area contributed by atoms with Gasteiger partial charge in [-0.2, -0.15) is 0 Å². The Kier molecular flexibility index (Phi) is 3.73. The van der Waals surface area contributed by atoms with Crippen LogP contribution in [0.15, 0.2) is 122 Å². The number of pyridine rings is 1. The Labute approximate surface area is 229 Å². The van der Waals surface area contributed by atoms with E-state index in [1.807, 2.05) is 18.5 Å². The van der Waals surface area contributed by atoms with E-state index in [0.29, 0.717) is 0 Å². The van der Waals surface area contributed by atoms with E-state index in [-0.39, 0.29) is 6.71 Å². The topological polar surface area (TPSA) is 32.0 Å². The van der Waals surface area contributed by atoms with E-state index in [1.165, 1.54) is 65.7 Å². The monoisotopic (exact) mass is 509 g/mol. The molecule has 2 aliphatic rings. The number of para-hydroxylation sites is 3. The van der Waals surface area contributed by atoms with Crippen molar-refractivity contribution in [3.63, 3.8) is 0 Å². The van der Waals surface area contributed by atoms with Crippen molar-refractivity contribution in [1.82, 2.24) is 14.1 Å². The van der Waals surface area contributed by atoms with Crippen LogP contribution >= 0.6 is 0 Å². The molecule has 4 nitrogen and oxygen atoms in total. The number of aromatic nitrogens is 3. The summed E-state index contributed by atoms with van der Waals surface area (Å²) < 4.78 is 11.4. The van der Waals surface area contributed by atoms with Gasteiger partial charge in [0.15, 0.2) is 0 Å². The van der Waals surface area contributed by atoms with Crippen LogP contribution in [0.1, 0.15) is 0 Å². The highest BCUT2D eigenvalue weighted by molar-refractivity contribution is 6.99. The fourth-order valence-corrected chi connectivity index (χ4v) is 7.39. The van der Waals surface area contributed by atoms with Gasteiger partial charge >= 0.3 is 0 Å². The first-order valence-electron chi connectivity index (χ1n) is 13.7. The Hall–Kier alpha value is -5.29. The second kappa shape index (κ2) is 7.22. The van der Waals surface area contributed by atoms with Gasteiger partial charge in [0.05, 0.1) is 28.4 Å². The third-order valence-corrected chi connectivity index (χ3v) is 8.85. The second-order valence-corrected chi connectivity index (χ2v) is 10.8. The normalized spacial score (nSPS) is 13.2. The van der Waals surface area contributed by atoms with Gasteiger partial charge in [-0.05, 0) is 58.9 Å². The van der Waals surface area contributed by atoms with Crippen LogP contribution in [0.25, 0.3) is 55.0 Å². The Morgan fingerprint density at radius 3 is 2.33 bits per heavy atom. The fourth-order valence-electron chi connectivity index (χ4n) is 7.39. The maximum absolute atomic E-state index is 6.52. The molecule has 0 radical (unpaired) electrons. The lowest BCUT2D eigenvalue weighted by Crippen LogP contribution is -2.58. The molecule has 0 spiro atoms. The number of nitrogens with zero attached hydrogens (tertiary/aromatic N) is 3. The van der Waals surface area contributed by atoms with Crippen LogP contribution < -0.4 is 21.1 Å². The Morgan fingerprint density at radius 2 is 1.38 bits per heavy atom. The molecule has 0 amide bonds. The van der Waals surface area contributed by atoms with E-state index < -0.39 is 0 Å². The van der Waals surface area contributed by atoms with Crippen LogP contribution in [0, 0.1) is 0 Å². The zero-order valence-corrected chi connectivity index (χ0v) is 21.4. The van der Waals surface area contributed by atoms with E-state index in [2.05, 4.69) is 117 Å². The molecular weight excluding hydrogens is 489 g/mol. The molecule has 0 bridgehead atoms. The molecule has 40 heavy (non-hydrogen) atoms. The summed E-state index contributed by atoms with van der Waals surface area (Å²) in [5.41, 5.74) is 10.9. The van der Waals surface area contributed by atoms with Gasteiger partial charge in [-0.15, -0.1) is 0 Å². The predicted molar refractivity (Wildman–Crippen MR) is 164 cm³/mol. The minimum absolute atomic E-state index is 0.129. The average Bonchev–Trinajstić information content (AvgIpc) is 3.53. The van der Waals surface area contributed by atoms with Gasteiger partial charge in [-0.25, -0.2) is 0 Å². The summed E-state index contributed by atoms with van der Waals surface area (Å²) >= 11 is 0. The highest BCUT2D eigenvalue weighted by atomic mass is 16.5. The number of ether oxygens (including phenoxy) is 1. The first-order chi connectivity index (χ1) is 19.9. The zero-order chi connectivity index (χ0) is 25.9. The van der Waals surface area contributed by atoms with Crippen LogP contribution in [0.5, 0.6) is 11.5 Å². The minimum atomic E-state index is 0.129. The van der Waals surface area contributed by atoms with Crippen molar-refractivity contribution in [2.24, 2.45) is 0 Å². The van der Waals surface area contributed by atoms with Crippen molar-refractivity contribution in [1.29, 1.82) is 0 Å². The maximum atomic E-state index is 6.52. The lowest BCUT2D eigenvalue weighted by Gasteiger charge is -2.33. The largest absolute Gasteiger partial charge is 0.458 e. The molecule has 2 aliphatic heterocycles. The number of benzene rings is 5. The highest BCUT2D eigenvalue weighted by Crippen LogP contribution is 2.43. The molecule has 5 heterocycles. The van der Waals surface area contributed by atoms with E-state index >= 15 is 0 Å². The smallest absolute Gasteiger partial charge is 0.256 e. The molecule has 0 saturated heterocycles. The number of rotatable bonds is 1. The van der Waals surface area contributed by atoms with Gasteiger partial charge in [0.2, 0.25) is 0 Å². The first kappa shape index (κ1) is 20.6. The first-order valence-corrected chi connectivity index (χ1v) is 13.7. The quantitative estimate of drug-likeness (QED) is 0.247. The number of hydrogen-bond donors (Lipinski definition) is 0. The SMILES string of the molecule is c1cncc(-n2c3ccccc3c3c2ccc2c4cccc5c4n(c23)-c2cccc3c2B5c2ccccc2O3)c1. The third kappa shape index (κ3) is 2.37. The summed E-state index contributed by atoms with van der Waals surface area (Å²) in [5.74, 6) is 1.89. The summed E-state index contributed by atoms with van der Waals surface area (Å²) in [6, 6.07) is 39.2. The van der Waals surface area contributed by atoms with Crippen molar-refractivity contribution in [2.45, 2.75) is 0 Å². The summed E-state index contributed by atoms with van der Waals surface area (Å²) in [5, 5.41) is 5.05. The molecule has 0 saturated carbocycles. The number of fused-ring (bicyclic) bond motifs is 11. The Morgan fingerprint density at radius 1 is 0.575 bits per heavy atom. The lowest BCUT2D eigenvalue weighted by molar-refractivity contribution is 0.487. The molecule has 5 heteroatoms. The van der Waals surface area contributed by atoms with Gasteiger partial charge in [-0.3, -0.25) is 4.98 Å². The van der Waals surface area contributed by atoms with Gasteiger partial charge < -0.3 is 13.9 Å². The Bertz CT molecular complexity index is 2370. The van der Waals surface area contributed by atoms with Crippen LogP contribution in [0.2, 0.25) is 0 Å². The van der Waals surface area contributed by atoms with Crippen molar-refractivity contribution < 1.29 is 4.74 Å². The molecule has 0 aliphatic carbocycles. The Balaban J connectivity index is 1.45. The van der Waals surface area contributed by atoms with Crippen LogP contribution in [0.3, 0.4) is 0 Å². The molecule has 0 N–H and O–H groups in total.